The lowest BCUT2D eigenvalue weighted by atomic mass is 10.2. The van der Waals surface area contributed by atoms with Gasteiger partial charge in [-0.15, -0.1) is 0 Å². The van der Waals surface area contributed by atoms with Crippen molar-refractivity contribution in [3.8, 4) is 5.75 Å². The van der Waals surface area contributed by atoms with Gasteiger partial charge in [-0.05, 0) is 31.3 Å². The van der Waals surface area contributed by atoms with Crippen LogP contribution in [0.4, 0.5) is 5.82 Å². The summed E-state index contributed by atoms with van der Waals surface area (Å²) in [5.74, 6) is 1.51. The van der Waals surface area contributed by atoms with Crippen molar-refractivity contribution in [3.05, 3.63) is 53.7 Å². The summed E-state index contributed by atoms with van der Waals surface area (Å²) in [6.07, 6.45) is 1.81. The molecule has 1 aliphatic rings. The number of ether oxygens (including phenoxy) is 1. The zero-order valence-corrected chi connectivity index (χ0v) is 14.7. The molecule has 2 aromatic rings. The number of hydrogen-bond donors (Lipinski definition) is 1. The maximum atomic E-state index is 12.4. The third-order valence-electron chi connectivity index (χ3n) is 4.44. The summed E-state index contributed by atoms with van der Waals surface area (Å²) < 4.78 is 5.17. The van der Waals surface area contributed by atoms with Crippen LogP contribution < -0.4 is 15.0 Å². The Balaban J connectivity index is 1.68. The first-order valence-electron chi connectivity index (χ1n) is 8.47. The first-order valence-corrected chi connectivity index (χ1v) is 8.47. The van der Waals surface area contributed by atoms with Crippen molar-refractivity contribution in [2.75, 3.05) is 45.2 Å². The van der Waals surface area contributed by atoms with Crippen LogP contribution in [-0.2, 0) is 6.54 Å². The number of amides is 1. The van der Waals surface area contributed by atoms with Gasteiger partial charge in [-0.3, -0.25) is 4.79 Å². The SMILES string of the molecule is COc1cccc(C(=O)NCc2cccnc2N2CCN(C)CC2)c1. The van der Waals surface area contributed by atoms with Crippen LogP contribution in [0.3, 0.4) is 0 Å². The van der Waals surface area contributed by atoms with Crippen molar-refractivity contribution in [1.82, 2.24) is 15.2 Å². The van der Waals surface area contributed by atoms with Crippen LogP contribution in [0.2, 0.25) is 0 Å². The van der Waals surface area contributed by atoms with Crippen LogP contribution in [0, 0.1) is 0 Å². The molecule has 0 radical (unpaired) electrons. The molecule has 0 spiro atoms. The zero-order chi connectivity index (χ0) is 17.6. The first kappa shape index (κ1) is 17.2. The summed E-state index contributed by atoms with van der Waals surface area (Å²) in [7, 11) is 3.72. The zero-order valence-electron chi connectivity index (χ0n) is 14.7. The van der Waals surface area contributed by atoms with Crippen molar-refractivity contribution in [2.24, 2.45) is 0 Å². The van der Waals surface area contributed by atoms with Gasteiger partial charge < -0.3 is 19.9 Å². The number of nitrogens with zero attached hydrogens (tertiary/aromatic N) is 3. The minimum Gasteiger partial charge on any atom is -0.497 e. The quantitative estimate of drug-likeness (QED) is 0.899. The number of likely N-dealkylation sites (N-methyl/N-ethyl adjacent to an activating group) is 1. The molecule has 1 fully saturated rings. The smallest absolute Gasteiger partial charge is 0.251 e. The Hall–Kier alpha value is -2.60. The number of pyridine rings is 1. The molecule has 6 heteroatoms. The highest BCUT2D eigenvalue weighted by Gasteiger charge is 2.18. The van der Waals surface area contributed by atoms with Gasteiger partial charge in [0.1, 0.15) is 11.6 Å². The first-order chi connectivity index (χ1) is 12.2. The van der Waals surface area contributed by atoms with Crippen molar-refractivity contribution in [3.63, 3.8) is 0 Å². The fraction of sp³-hybridized carbons (Fsp3) is 0.368. The molecule has 2 heterocycles. The van der Waals surface area contributed by atoms with E-state index in [1.54, 1.807) is 25.4 Å². The number of aromatic nitrogens is 1. The minimum absolute atomic E-state index is 0.118. The summed E-state index contributed by atoms with van der Waals surface area (Å²) in [4.78, 5) is 21.5. The van der Waals surface area contributed by atoms with E-state index >= 15 is 0 Å². The Labute approximate surface area is 148 Å². The standard InChI is InChI=1S/C19H24N4O2/c1-22-9-11-23(12-10-22)18-16(6-4-8-20-18)14-21-19(24)15-5-3-7-17(13-15)25-2/h3-8,13H,9-12,14H2,1-2H3,(H,21,24). The summed E-state index contributed by atoms with van der Waals surface area (Å²) >= 11 is 0. The van der Waals surface area contributed by atoms with E-state index in [0.29, 0.717) is 17.9 Å². The highest BCUT2D eigenvalue weighted by molar-refractivity contribution is 5.94. The molecule has 1 aromatic carbocycles. The number of carbonyl (C=O) groups is 1. The largest absolute Gasteiger partial charge is 0.497 e. The molecule has 0 atom stereocenters. The Kier molecular flexibility index (Phi) is 5.50. The van der Waals surface area contributed by atoms with E-state index in [0.717, 1.165) is 37.6 Å². The normalized spacial score (nSPS) is 15.0. The van der Waals surface area contributed by atoms with Crippen LogP contribution in [0.5, 0.6) is 5.75 Å². The molecule has 1 saturated heterocycles. The molecule has 0 saturated carbocycles. The molecule has 132 valence electrons. The number of nitrogens with one attached hydrogen (secondary N) is 1. The van der Waals surface area contributed by atoms with E-state index in [-0.39, 0.29) is 5.91 Å². The van der Waals surface area contributed by atoms with Crippen molar-refractivity contribution in [1.29, 1.82) is 0 Å². The predicted molar refractivity (Wildman–Crippen MR) is 98.1 cm³/mol. The Morgan fingerprint density at radius 2 is 2.00 bits per heavy atom. The van der Waals surface area contributed by atoms with Gasteiger partial charge in [0, 0.05) is 50.0 Å². The van der Waals surface area contributed by atoms with Gasteiger partial charge in [-0.1, -0.05) is 12.1 Å². The molecular weight excluding hydrogens is 316 g/mol. The van der Waals surface area contributed by atoms with Gasteiger partial charge >= 0.3 is 0 Å². The summed E-state index contributed by atoms with van der Waals surface area (Å²) in [6.45, 7) is 4.39. The lowest BCUT2D eigenvalue weighted by molar-refractivity contribution is 0.0950. The second kappa shape index (κ2) is 7.98. The third-order valence-corrected chi connectivity index (χ3v) is 4.44. The second-order valence-electron chi connectivity index (χ2n) is 6.19. The van der Waals surface area contributed by atoms with E-state index in [4.69, 9.17) is 4.74 Å². The molecule has 1 N–H and O–H groups in total. The highest BCUT2D eigenvalue weighted by Crippen LogP contribution is 2.19. The molecule has 3 rings (SSSR count). The summed E-state index contributed by atoms with van der Waals surface area (Å²) in [5, 5.41) is 2.98. The van der Waals surface area contributed by atoms with E-state index in [1.165, 1.54) is 0 Å². The predicted octanol–water partition coefficient (Wildman–Crippen LogP) is 1.77. The van der Waals surface area contributed by atoms with Crippen LogP contribution in [0.1, 0.15) is 15.9 Å². The maximum absolute atomic E-state index is 12.4. The highest BCUT2D eigenvalue weighted by atomic mass is 16.5. The molecular formula is C19H24N4O2. The van der Waals surface area contributed by atoms with Crippen molar-refractivity contribution >= 4 is 11.7 Å². The van der Waals surface area contributed by atoms with E-state index < -0.39 is 0 Å². The molecule has 1 aliphatic heterocycles. The second-order valence-corrected chi connectivity index (χ2v) is 6.19. The number of anilines is 1. The average Bonchev–Trinajstić information content (AvgIpc) is 2.67. The molecule has 1 aromatic heterocycles. The van der Waals surface area contributed by atoms with Gasteiger partial charge in [-0.25, -0.2) is 4.98 Å². The number of hydrogen-bond acceptors (Lipinski definition) is 5. The van der Waals surface area contributed by atoms with Crippen LogP contribution in [0.15, 0.2) is 42.6 Å². The van der Waals surface area contributed by atoms with Gasteiger partial charge in [0.15, 0.2) is 0 Å². The van der Waals surface area contributed by atoms with E-state index in [1.807, 2.05) is 24.3 Å². The Morgan fingerprint density at radius 1 is 1.20 bits per heavy atom. The fourth-order valence-corrected chi connectivity index (χ4v) is 2.91. The fourth-order valence-electron chi connectivity index (χ4n) is 2.91. The topological polar surface area (TPSA) is 57.7 Å². The van der Waals surface area contributed by atoms with Gasteiger partial charge in [0.2, 0.25) is 0 Å². The summed E-state index contributed by atoms with van der Waals surface area (Å²) in [5.41, 5.74) is 1.62. The van der Waals surface area contributed by atoms with Gasteiger partial charge in [0.05, 0.1) is 7.11 Å². The van der Waals surface area contributed by atoms with E-state index in [2.05, 4.69) is 27.1 Å². The van der Waals surface area contributed by atoms with Crippen molar-refractivity contribution < 1.29 is 9.53 Å². The number of rotatable bonds is 5. The maximum Gasteiger partial charge on any atom is 0.251 e. The lowest BCUT2D eigenvalue weighted by Gasteiger charge is -2.34. The van der Waals surface area contributed by atoms with Gasteiger partial charge in [-0.2, -0.15) is 0 Å². The molecule has 0 aliphatic carbocycles. The number of benzene rings is 1. The summed E-state index contributed by atoms with van der Waals surface area (Å²) in [6, 6.07) is 11.1. The molecule has 6 nitrogen and oxygen atoms in total. The minimum atomic E-state index is -0.118. The van der Waals surface area contributed by atoms with E-state index in [9.17, 15) is 4.79 Å². The number of carbonyl (C=O) groups excluding carboxylic acids is 1. The molecule has 0 unspecified atom stereocenters. The monoisotopic (exact) mass is 340 g/mol. The van der Waals surface area contributed by atoms with Crippen LogP contribution in [0.25, 0.3) is 0 Å². The van der Waals surface area contributed by atoms with Crippen LogP contribution >= 0.6 is 0 Å². The number of methoxy groups -OCH3 is 1. The molecule has 25 heavy (non-hydrogen) atoms. The van der Waals surface area contributed by atoms with Crippen molar-refractivity contribution in [2.45, 2.75) is 6.54 Å². The Bertz CT molecular complexity index is 727. The molecule has 1 amide bonds. The van der Waals surface area contributed by atoms with Crippen LogP contribution in [-0.4, -0.2) is 56.1 Å². The molecule has 0 bridgehead atoms. The average molecular weight is 340 g/mol. The van der Waals surface area contributed by atoms with Gasteiger partial charge in [0.25, 0.3) is 5.91 Å². The third kappa shape index (κ3) is 4.28. The Morgan fingerprint density at radius 3 is 2.76 bits per heavy atom. The lowest BCUT2D eigenvalue weighted by Crippen LogP contribution is -2.45. The number of piperazine rings is 1.